The smallest absolute Gasteiger partial charge is 0.342 e. The summed E-state index contributed by atoms with van der Waals surface area (Å²) in [6.07, 6.45) is -7.56. The van der Waals surface area contributed by atoms with Crippen molar-refractivity contribution in [3.8, 4) is 5.75 Å². The van der Waals surface area contributed by atoms with Crippen molar-refractivity contribution >= 4 is 5.97 Å². The Hall–Kier alpha value is -1.71. The predicted octanol–water partition coefficient (Wildman–Crippen LogP) is -1.35. The zero-order valence-corrected chi connectivity index (χ0v) is 11.8. The summed E-state index contributed by atoms with van der Waals surface area (Å²) in [6.45, 7) is -0.404. The monoisotopic (exact) mass is 314 g/mol. The molecule has 22 heavy (non-hydrogen) atoms. The summed E-state index contributed by atoms with van der Waals surface area (Å²) in [7, 11) is 1.41. The minimum atomic E-state index is -1.67. The van der Waals surface area contributed by atoms with E-state index >= 15 is 0 Å². The summed E-state index contributed by atoms with van der Waals surface area (Å²) in [5, 5.41) is 38.0. The fraction of sp³-hybridized carbons (Fsp3) is 0.500. The third kappa shape index (κ3) is 3.37. The maximum atomic E-state index is 12.0. The summed E-state index contributed by atoms with van der Waals surface area (Å²) in [4.78, 5) is 12.0. The molecular weight excluding hydrogens is 296 g/mol. The van der Waals surface area contributed by atoms with Gasteiger partial charge in [0, 0.05) is 0 Å². The number of hydrogen-bond donors (Lipinski definition) is 4. The lowest BCUT2D eigenvalue weighted by Crippen LogP contribution is -2.58. The van der Waals surface area contributed by atoms with Crippen molar-refractivity contribution in [1.29, 1.82) is 0 Å². The second kappa shape index (κ2) is 7.03. The summed E-state index contributed by atoms with van der Waals surface area (Å²) in [6, 6.07) is 6.42. The van der Waals surface area contributed by atoms with Gasteiger partial charge in [-0.05, 0) is 12.1 Å². The third-order valence-corrected chi connectivity index (χ3v) is 3.39. The third-order valence-electron chi connectivity index (χ3n) is 3.39. The van der Waals surface area contributed by atoms with Crippen LogP contribution in [0.2, 0.25) is 0 Å². The fourth-order valence-electron chi connectivity index (χ4n) is 2.12. The highest BCUT2D eigenvalue weighted by Crippen LogP contribution is 2.22. The van der Waals surface area contributed by atoms with Gasteiger partial charge in [-0.15, -0.1) is 0 Å². The van der Waals surface area contributed by atoms with Crippen molar-refractivity contribution in [2.75, 3.05) is 13.7 Å². The van der Waals surface area contributed by atoms with Crippen LogP contribution in [0.15, 0.2) is 24.3 Å². The molecule has 0 radical (unpaired) electrons. The first kappa shape index (κ1) is 16.7. The molecule has 8 heteroatoms. The first-order chi connectivity index (χ1) is 10.5. The van der Waals surface area contributed by atoms with Gasteiger partial charge in [0.25, 0.3) is 0 Å². The molecule has 1 aliphatic heterocycles. The molecule has 0 aromatic heterocycles. The Balaban J connectivity index is 1.99. The van der Waals surface area contributed by atoms with E-state index in [2.05, 4.69) is 0 Å². The molecule has 1 saturated heterocycles. The molecule has 0 bridgehead atoms. The van der Waals surface area contributed by atoms with E-state index in [1.54, 1.807) is 18.2 Å². The Morgan fingerprint density at radius 3 is 2.50 bits per heavy atom. The molecule has 1 fully saturated rings. The van der Waals surface area contributed by atoms with Crippen LogP contribution in [0.3, 0.4) is 0 Å². The zero-order chi connectivity index (χ0) is 16.3. The van der Waals surface area contributed by atoms with Gasteiger partial charge in [0.2, 0.25) is 0 Å². The summed E-state index contributed by atoms with van der Waals surface area (Å²) in [5.74, 6) is -0.378. The van der Waals surface area contributed by atoms with E-state index in [9.17, 15) is 25.2 Å². The maximum absolute atomic E-state index is 12.0. The van der Waals surface area contributed by atoms with E-state index in [0.717, 1.165) is 0 Å². The molecule has 1 aromatic carbocycles. The number of carbonyl (C=O) groups excluding carboxylic acids is 1. The highest BCUT2D eigenvalue weighted by molar-refractivity contribution is 5.92. The molecule has 4 N–H and O–H groups in total. The van der Waals surface area contributed by atoms with Crippen LogP contribution in [0, 0.1) is 0 Å². The number of aliphatic hydroxyl groups excluding tert-OH is 4. The van der Waals surface area contributed by atoms with Crippen LogP contribution in [0.25, 0.3) is 0 Å². The first-order valence-electron chi connectivity index (χ1n) is 6.63. The number of carbonyl (C=O) groups is 1. The Bertz CT molecular complexity index is 519. The Morgan fingerprint density at radius 2 is 1.82 bits per heavy atom. The second-order valence-electron chi connectivity index (χ2n) is 4.84. The molecule has 0 aliphatic carbocycles. The van der Waals surface area contributed by atoms with Crippen LogP contribution in [-0.2, 0) is 9.47 Å². The normalized spacial score (nSPS) is 31.6. The molecule has 0 spiro atoms. The van der Waals surface area contributed by atoms with Crippen molar-refractivity contribution < 1.29 is 39.4 Å². The van der Waals surface area contributed by atoms with Crippen LogP contribution < -0.4 is 4.74 Å². The van der Waals surface area contributed by atoms with Crippen molar-refractivity contribution in [1.82, 2.24) is 0 Å². The van der Waals surface area contributed by atoms with Gasteiger partial charge >= 0.3 is 5.97 Å². The van der Waals surface area contributed by atoms with Gasteiger partial charge in [-0.1, -0.05) is 12.1 Å². The summed E-state index contributed by atoms with van der Waals surface area (Å²) >= 11 is 0. The average Bonchev–Trinajstić information content (AvgIpc) is 2.54. The van der Waals surface area contributed by atoms with Gasteiger partial charge in [0.05, 0.1) is 7.11 Å². The fourth-order valence-corrected chi connectivity index (χ4v) is 2.12. The van der Waals surface area contributed by atoms with Gasteiger partial charge in [-0.3, -0.25) is 0 Å². The average molecular weight is 314 g/mol. The quantitative estimate of drug-likeness (QED) is 0.503. The molecule has 5 atom stereocenters. The molecule has 1 aromatic rings. The van der Waals surface area contributed by atoms with E-state index in [1.807, 2.05) is 0 Å². The topological polar surface area (TPSA) is 126 Å². The number of aliphatic hydroxyl groups is 4. The lowest BCUT2D eigenvalue weighted by Gasteiger charge is -2.37. The number of benzene rings is 1. The molecular formula is C14H18O8. The summed E-state index contributed by atoms with van der Waals surface area (Å²) in [5.41, 5.74) is 0.191. The SMILES string of the molecule is COc1ccccc1C(=O)OC[C@H]1O[C@@H](O)[C@H](O)[C@@H](O)[C@@H]1O. The first-order valence-corrected chi connectivity index (χ1v) is 6.63. The summed E-state index contributed by atoms with van der Waals surface area (Å²) < 4.78 is 14.9. The number of methoxy groups -OCH3 is 1. The largest absolute Gasteiger partial charge is 0.496 e. The van der Waals surface area contributed by atoms with Crippen molar-refractivity contribution in [2.24, 2.45) is 0 Å². The van der Waals surface area contributed by atoms with Gasteiger partial charge in [-0.2, -0.15) is 0 Å². The standard InChI is InChI=1S/C14H18O8/c1-20-8-5-3-2-4-7(8)13(18)21-6-9-10(15)11(16)12(17)14(19)22-9/h2-5,9-12,14-17,19H,6H2,1H3/t9-,10-,11+,12-,14-/m1/s1. The predicted molar refractivity (Wildman–Crippen MR) is 72.2 cm³/mol. The minimum Gasteiger partial charge on any atom is -0.496 e. The lowest BCUT2D eigenvalue weighted by atomic mass is 9.99. The molecule has 8 nitrogen and oxygen atoms in total. The van der Waals surface area contributed by atoms with Crippen molar-refractivity contribution in [2.45, 2.75) is 30.7 Å². The van der Waals surface area contributed by atoms with Crippen LogP contribution in [0.1, 0.15) is 10.4 Å². The van der Waals surface area contributed by atoms with E-state index < -0.39 is 43.3 Å². The molecule has 1 aliphatic rings. The lowest BCUT2D eigenvalue weighted by molar-refractivity contribution is -0.286. The highest BCUT2D eigenvalue weighted by Gasteiger charge is 2.43. The van der Waals surface area contributed by atoms with E-state index in [4.69, 9.17) is 14.2 Å². The van der Waals surface area contributed by atoms with E-state index in [0.29, 0.717) is 5.75 Å². The van der Waals surface area contributed by atoms with Crippen LogP contribution in [0.5, 0.6) is 5.75 Å². The number of para-hydroxylation sites is 1. The molecule has 0 amide bonds. The molecule has 0 unspecified atom stereocenters. The van der Waals surface area contributed by atoms with Crippen LogP contribution in [0.4, 0.5) is 0 Å². The van der Waals surface area contributed by atoms with E-state index in [1.165, 1.54) is 13.2 Å². The Morgan fingerprint density at radius 1 is 1.14 bits per heavy atom. The highest BCUT2D eigenvalue weighted by atomic mass is 16.6. The van der Waals surface area contributed by atoms with Gasteiger partial charge in [-0.25, -0.2) is 4.79 Å². The second-order valence-corrected chi connectivity index (χ2v) is 4.84. The van der Waals surface area contributed by atoms with Gasteiger partial charge < -0.3 is 34.6 Å². The van der Waals surface area contributed by atoms with Gasteiger partial charge in [0.15, 0.2) is 6.29 Å². The van der Waals surface area contributed by atoms with E-state index in [-0.39, 0.29) is 5.56 Å². The Labute approximate surface area is 126 Å². The Kier molecular flexibility index (Phi) is 5.33. The molecule has 1 heterocycles. The van der Waals surface area contributed by atoms with Crippen LogP contribution >= 0.6 is 0 Å². The van der Waals surface area contributed by atoms with Crippen molar-refractivity contribution in [3.63, 3.8) is 0 Å². The maximum Gasteiger partial charge on any atom is 0.342 e. The molecule has 122 valence electrons. The number of rotatable bonds is 4. The van der Waals surface area contributed by atoms with Gasteiger partial charge in [0.1, 0.15) is 42.3 Å². The van der Waals surface area contributed by atoms with Crippen molar-refractivity contribution in [3.05, 3.63) is 29.8 Å². The minimum absolute atomic E-state index is 0.191. The number of esters is 1. The van der Waals surface area contributed by atoms with Crippen LogP contribution in [-0.4, -0.2) is 70.8 Å². The molecule has 0 saturated carbocycles. The number of hydrogen-bond acceptors (Lipinski definition) is 8. The molecule has 2 rings (SSSR count). The number of ether oxygens (including phenoxy) is 3. The zero-order valence-electron chi connectivity index (χ0n) is 11.8.